The van der Waals surface area contributed by atoms with Gasteiger partial charge in [-0.1, -0.05) is 11.6 Å². The van der Waals surface area contributed by atoms with Gasteiger partial charge in [0.2, 0.25) is 5.75 Å². The molecule has 0 saturated carbocycles. The largest absolute Gasteiger partial charge is 0.438 e. The number of rotatable bonds is 2. The number of ether oxygens (including phenoxy) is 1. The van der Waals surface area contributed by atoms with Crippen molar-refractivity contribution in [3.63, 3.8) is 0 Å². The van der Waals surface area contributed by atoms with Gasteiger partial charge >= 0.3 is 9.67 Å². The summed E-state index contributed by atoms with van der Waals surface area (Å²) in [6.07, 6.45) is 0. The Hall–Kier alpha value is -0.420. The zero-order valence-corrected chi connectivity index (χ0v) is 9.94. The molecule has 15 heavy (non-hydrogen) atoms. The molecule has 0 aromatic heterocycles. The highest BCUT2D eigenvalue weighted by atomic mass is 35.6. The maximum absolute atomic E-state index is 10.6. The van der Waals surface area contributed by atoms with Crippen molar-refractivity contribution in [2.45, 2.75) is 3.98 Å². The van der Waals surface area contributed by atoms with Gasteiger partial charge in [0.05, 0.1) is 4.92 Å². The molecule has 1 aromatic carbocycles. The molecular formula is C7H3Cl4NO3. The first-order valence-electron chi connectivity index (χ1n) is 3.49. The topological polar surface area (TPSA) is 52.4 Å². The van der Waals surface area contributed by atoms with Crippen molar-refractivity contribution in [3.05, 3.63) is 33.3 Å². The normalized spacial score (nSPS) is 11.2. The van der Waals surface area contributed by atoms with Crippen LogP contribution in [0.2, 0.25) is 5.02 Å². The van der Waals surface area contributed by atoms with Crippen molar-refractivity contribution < 1.29 is 9.66 Å². The lowest BCUT2D eigenvalue weighted by Gasteiger charge is -2.13. The first-order chi connectivity index (χ1) is 6.79. The van der Waals surface area contributed by atoms with E-state index in [0.717, 1.165) is 6.07 Å². The predicted molar refractivity (Wildman–Crippen MR) is 59.0 cm³/mol. The van der Waals surface area contributed by atoms with E-state index < -0.39 is 8.90 Å². The minimum absolute atomic E-state index is 0.201. The van der Waals surface area contributed by atoms with Crippen molar-refractivity contribution in [2.75, 3.05) is 0 Å². The van der Waals surface area contributed by atoms with Gasteiger partial charge in [-0.3, -0.25) is 10.1 Å². The number of hydrogen-bond acceptors (Lipinski definition) is 3. The van der Waals surface area contributed by atoms with Gasteiger partial charge < -0.3 is 4.74 Å². The summed E-state index contributed by atoms with van der Waals surface area (Å²) in [6.45, 7) is 0. The molecule has 0 aliphatic heterocycles. The Morgan fingerprint density at radius 1 is 1.33 bits per heavy atom. The van der Waals surface area contributed by atoms with E-state index in [1.807, 2.05) is 0 Å². The van der Waals surface area contributed by atoms with Gasteiger partial charge in [-0.2, -0.15) is 0 Å². The van der Waals surface area contributed by atoms with Gasteiger partial charge in [0.1, 0.15) is 0 Å². The fraction of sp³-hybridized carbons (Fsp3) is 0.143. The predicted octanol–water partition coefficient (Wildman–Crippen LogP) is 3.95. The molecule has 82 valence electrons. The number of nitro benzene ring substituents is 1. The van der Waals surface area contributed by atoms with Crippen LogP contribution in [0, 0.1) is 10.1 Å². The minimum Gasteiger partial charge on any atom is -0.438 e. The molecule has 0 atom stereocenters. The van der Waals surface area contributed by atoms with E-state index in [2.05, 4.69) is 0 Å². The van der Waals surface area contributed by atoms with Crippen LogP contribution in [0.25, 0.3) is 0 Å². The summed E-state index contributed by atoms with van der Waals surface area (Å²) in [6, 6.07) is 3.70. The molecule has 4 nitrogen and oxygen atoms in total. The number of alkyl halides is 3. The van der Waals surface area contributed by atoms with E-state index in [9.17, 15) is 10.1 Å². The molecule has 0 bridgehead atoms. The minimum atomic E-state index is -2.07. The van der Waals surface area contributed by atoms with Crippen LogP contribution in [0.15, 0.2) is 18.2 Å². The fourth-order valence-electron chi connectivity index (χ4n) is 0.845. The van der Waals surface area contributed by atoms with Crippen LogP contribution >= 0.6 is 46.4 Å². The lowest BCUT2D eigenvalue weighted by molar-refractivity contribution is -0.385. The second-order valence-electron chi connectivity index (χ2n) is 2.42. The summed E-state index contributed by atoms with van der Waals surface area (Å²) in [5.74, 6) is -0.201. The Labute approximate surface area is 105 Å². The van der Waals surface area contributed by atoms with Gasteiger partial charge in [0.25, 0.3) is 0 Å². The Morgan fingerprint density at radius 2 is 1.93 bits per heavy atom. The molecule has 1 rings (SSSR count). The summed E-state index contributed by atoms with van der Waals surface area (Å²) in [5.41, 5.74) is -0.328. The Balaban J connectivity index is 3.13. The van der Waals surface area contributed by atoms with Gasteiger partial charge in [0, 0.05) is 17.2 Å². The van der Waals surface area contributed by atoms with Crippen LogP contribution in [-0.2, 0) is 0 Å². The van der Waals surface area contributed by atoms with E-state index in [0.29, 0.717) is 0 Å². The lowest BCUT2D eigenvalue weighted by atomic mass is 10.3. The van der Waals surface area contributed by atoms with Crippen molar-refractivity contribution in [2.24, 2.45) is 0 Å². The fourth-order valence-corrected chi connectivity index (χ4v) is 1.26. The SMILES string of the molecule is O=[N+]([O-])c1ccc(Cl)cc1OC(Cl)(Cl)Cl. The molecule has 0 unspecified atom stereocenters. The molecule has 8 heteroatoms. The summed E-state index contributed by atoms with van der Waals surface area (Å²) in [4.78, 5) is 9.91. The van der Waals surface area contributed by atoms with Crippen LogP contribution in [0.4, 0.5) is 5.69 Å². The first kappa shape index (κ1) is 12.6. The van der Waals surface area contributed by atoms with Gasteiger partial charge in [-0.05, 0) is 40.9 Å². The third-order valence-electron chi connectivity index (χ3n) is 1.34. The number of nitro groups is 1. The second kappa shape index (κ2) is 4.61. The molecule has 0 saturated heterocycles. The smallest absolute Gasteiger partial charge is 0.338 e. The number of hydrogen-bond donors (Lipinski definition) is 0. The first-order valence-corrected chi connectivity index (χ1v) is 5.00. The average molecular weight is 291 g/mol. The Morgan fingerprint density at radius 3 is 2.40 bits per heavy atom. The number of nitrogens with zero attached hydrogens (tertiary/aromatic N) is 1. The van der Waals surface area contributed by atoms with Gasteiger partial charge in [-0.25, -0.2) is 0 Å². The van der Waals surface area contributed by atoms with E-state index in [4.69, 9.17) is 51.1 Å². The van der Waals surface area contributed by atoms with Crippen LogP contribution in [0.3, 0.4) is 0 Å². The lowest BCUT2D eigenvalue weighted by Crippen LogP contribution is -2.13. The maximum Gasteiger partial charge on any atom is 0.338 e. The summed E-state index contributed by atoms with van der Waals surface area (Å²) >= 11 is 21.6. The van der Waals surface area contributed by atoms with E-state index in [1.165, 1.54) is 12.1 Å². The third-order valence-corrected chi connectivity index (χ3v) is 1.81. The highest BCUT2D eigenvalue weighted by Gasteiger charge is 2.27. The van der Waals surface area contributed by atoms with Crippen LogP contribution < -0.4 is 4.74 Å². The van der Waals surface area contributed by atoms with Gasteiger partial charge in [0.15, 0.2) is 0 Å². The standard InChI is InChI=1S/C7H3Cl4NO3/c8-4-1-2-5(12(13)14)6(3-4)15-7(9,10)11/h1-3H. The van der Waals surface area contributed by atoms with Crippen LogP contribution in [0.1, 0.15) is 0 Å². The monoisotopic (exact) mass is 289 g/mol. The molecule has 0 amide bonds. The van der Waals surface area contributed by atoms with Crippen molar-refractivity contribution in [1.29, 1.82) is 0 Å². The van der Waals surface area contributed by atoms with Crippen molar-refractivity contribution in [1.82, 2.24) is 0 Å². The van der Waals surface area contributed by atoms with Crippen LogP contribution in [0.5, 0.6) is 5.75 Å². The Bertz CT molecular complexity index is 390. The number of halogens is 4. The van der Waals surface area contributed by atoms with Crippen molar-refractivity contribution >= 4 is 52.1 Å². The van der Waals surface area contributed by atoms with Crippen LogP contribution in [-0.4, -0.2) is 8.90 Å². The molecule has 1 aromatic rings. The molecule has 0 aliphatic carbocycles. The summed E-state index contributed by atoms with van der Waals surface area (Å²) in [5, 5.41) is 10.8. The number of benzene rings is 1. The molecule has 0 heterocycles. The molecule has 0 aliphatic rings. The molecule has 0 radical (unpaired) electrons. The maximum atomic E-state index is 10.6. The zero-order valence-electron chi connectivity index (χ0n) is 6.92. The molecule has 0 N–H and O–H groups in total. The van der Waals surface area contributed by atoms with E-state index in [-0.39, 0.29) is 16.5 Å². The summed E-state index contributed by atoms with van der Waals surface area (Å²) < 4.78 is 2.67. The molecular weight excluding hydrogens is 288 g/mol. The molecule has 0 fully saturated rings. The highest BCUT2D eigenvalue weighted by molar-refractivity contribution is 6.66. The van der Waals surface area contributed by atoms with E-state index >= 15 is 0 Å². The average Bonchev–Trinajstić information content (AvgIpc) is 1.99. The Kier molecular flexibility index (Phi) is 3.89. The van der Waals surface area contributed by atoms with E-state index in [1.54, 1.807) is 0 Å². The molecule has 0 spiro atoms. The second-order valence-corrected chi connectivity index (χ2v) is 5.03. The quantitative estimate of drug-likeness (QED) is 0.471. The highest BCUT2D eigenvalue weighted by Crippen LogP contribution is 2.37. The van der Waals surface area contributed by atoms with Crippen molar-refractivity contribution in [3.8, 4) is 5.75 Å². The summed E-state index contributed by atoms with van der Waals surface area (Å²) in [7, 11) is 0. The third kappa shape index (κ3) is 3.91. The zero-order chi connectivity index (χ0) is 11.6. The van der Waals surface area contributed by atoms with Gasteiger partial charge in [-0.15, -0.1) is 0 Å².